The highest BCUT2D eigenvalue weighted by atomic mass is 19.4. The molecule has 3 N–H and O–H groups in total. The summed E-state index contributed by atoms with van der Waals surface area (Å²) in [5.74, 6) is -0.672. The van der Waals surface area contributed by atoms with Gasteiger partial charge in [0.1, 0.15) is 12.2 Å². The van der Waals surface area contributed by atoms with E-state index < -0.39 is 35.6 Å². The Bertz CT molecular complexity index is 1070. The summed E-state index contributed by atoms with van der Waals surface area (Å²) >= 11 is 0. The van der Waals surface area contributed by atoms with Gasteiger partial charge in [0.05, 0.1) is 23.8 Å². The second-order valence-corrected chi connectivity index (χ2v) is 9.19. The summed E-state index contributed by atoms with van der Waals surface area (Å²) in [6, 6.07) is 12.5. The second-order valence-electron chi connectivity index (χ2n) is 9.19. The molecule has 0 aliphatic carbocycles. The zero-order valence-corrected chi connectivity index (χ0v) is 20.5. The van der Waals surface area contributed by atoms with E-state index in [4.69, 9.17) is 4.74 Å². The Morgan fingerprint density at radius 3 is 2.36 bits per heavy atom. The molecule has 3 atom stereocenters. The van der Waals surface area contributed by atoms with Crippen LogP contribution >= 0.6 is 0 Å². The second kappa shape index (κ2) is 11.0. The van der Waals surface area contributed by atoms with Gasteiger partial charge in [-0.1, -0.05) is 36.4 Å². The summed E-state index contributed by atoms with van der Waals surface area (Å²) in [5.41, 5.74) is -1.83. The number of carbonyl (C=O) groups excluding carboxylic acids is 2. The normalized spacial score (nSPS) is 23.1. The summed E-state index contributed by atoms with van der Waals surface area (Å²) < 4.78 is 59.3. The minimum Gasteiger partial charge on any atom is -0.372 e. The predicted molar refractivity (Wildman–Crippen MR) is 127 cm³/mol. The molecule has 1 heterocycles. The number of halogens is 4. The zero-order chi connectivity index (χ0) is 26.6. The Morgan fingerprint density at radius 1 is 1.14 bits per heavy atom. The number of likely N-dealkylation sites (N-methyl/N-ethyl adjacent to an activating group) is 1. The highest BCUT2D eigenvalue weighted by molar-refractivity contribution is 5.91. The third-order valence-corrected chi connectivity index (χ3v) is 6.66. The van der Waals surface area contributed by atoms with Gasteiger partial charge in [0.25, 0.3) is 0 Å². The van der Waals surface area contributed by atoms with Gasteiger partial charge in [-0.25, -0.2) is 4.39 Å². The van der Waals surface area contributed by atoms with Crippen LogP contribution in [0.1, 0.15) is 55.0 Å². The van der Waals surface area contributed by atoms with Crippen LogP contribution < -0.4 is 16.0 Å². The third kappa shape index (κ3) is 6.04. The van der Waals surface area contributed by atoms with E-state index in [1.807, 2.05) is 30.3 Å². The largest absolute Gasteiger partial charge is 0.416 e. The van der Waals surface area contributed by atoms with Crippen molar-refractivity contribution in [1.82, 2.24) is 16.0 Å². The topological polar surface area (TPSA) is 79.5 Å². The molecule has 196 valence electrons. The zero-order valence-electron chi connectivity index (χ0n) is 20.5. The van der Waals surface area contributed by atoms with Gasteiger partial charge >= 0.3 is 6.18 Å². The lowest BCUT2D eigenvalue weighted by Crippen LogP contribution is -2.69. The first-order chi connectivity index (χ1) is 16.9. The molecule has 36 heavy (non-hydrogen) atoms. The maximum atomic E-state index is 13.3. The maximum absolute atomic E-state index is 13.3. The van der Waals surface area contributed by atoms with E-state index in [1.54, 1.807) is 6.92 Å². The van der Waals surface area contributed by atoms with E-state index in [9.17, 15) is 27.2 Å². The molecule has 0 radical (unpaired) electrons. The van der Waals surface area contributed by atoms with E-state index in [1.165, 1.54) is 20.0 Å². The summed E-state index contributed by atoms with van der Waals surface area (Å²) in [7, 11) is 1.50. The Balaban J connectivity index is 1.87. The van der Waals surface area contributed by atoms with Crippen LogP contribution in [0.25, 0.3) is 0 Å². The van der Waals surface area contributed by atoms with Crippen molar-refractivity contribution in [2.45, 2.75) is 56.7 Å². The van der Waals surface area contributed by atoms with Gasteiger partial charge in [-0.3, -0.25) is 9.59 Å². The van der Waals surface area contributed by atoms with Crippen LogP contribution in [0.3, 0.4) is 0 Å². The monoisotopic (exact) mass is 509 g/mol. The molecule has 2 aromatic rings. The van der Waals surface area contributed by atoms with Crippen molar-refractivity contribution in [2.24, 2.45) is 0 Å². The molecule has 2 amide bonds. The minimum absolute atomic E-state index is 0.0727. The van der Waals surface area contributed by atoms with Crippen molar-refractivity contribution < 1.29 is 31.9 Å². The molecule has 10 heteroatoms. The smallest absolute Gasteiger partial charge is 0.372 e. The van der Waals surface area contributed by atoms with Crippen LogP contribution in [-0.4, -0.2) is 37.6 Å². The number of hydrogen-bond acceptors (Lipinski definition) is 4. The molecular weight excluding hydrogens is 478 g/mol. The molecule has 0 bridgehead atoms. The lowest BCUT2D eigenvalue weighted by molar-refractivity contribution is -0.137. The average molecular weight is 510 g/mol. The molecule has 1 unspecified atom stereocenters. The highest BCUT2D eigenvalue weighted by Crippen LogP contribution is 2.37. The van der Waals surface area contributed by atoms with Crippen LogP contribution in [-0.2, 0) is 32.7 Å². The van der Waals surface area contributed by atoms with Gasteiger partial charge in [-0.05, 0) is 48.6 Å². The Morgan fingerprint density at radius 2 is 1.83 bits per heavy atom. The summed E-state index contributed by atoms with van der Waals surface area (Å²) in [6.45, 7) is 2.13. The first kappa shape index (κ1) is 27.6. The van der Waals surface area contributed by atoms with Gasteiger partial charge in [-0.2, -0.15) is 13.2 Å². The lowest BCUT2D eigenvalue weighted by atomic mass is 9.76. The molecule has 0 saturated carbocycles. The number of benzene rings is 2. The number of amides is 2. The molecule has 2 aromatic carbocycles. The van der Waals surface area contributed by atoms with Gasteiger partial charge in [-0.15, -0.1) is 0 Å². The van der Waals surface area contributed by atoms with Crippen LogP contribution in [0.2, 0.25) is 0 Å². The van der Waals surface area contributed by atoms with Gasteiger partial charge in [0.2, 0.25) is 11.8 Å². The number of hydrogen-bond donors (Lipinski definition) is 3. The predicted octanol–water partition coefficient (Wildman–Crippen LogP) is 4.15. The van der Waals surface area contributed by atoms with E-state index in [0.29, 0.717) is 12.8 Å². The molecule has 1 saturated heterocycles. The Kier molecular flexibility index (Phi) is 8.40. The van der Waals surface area contributed by atoms with Crippen molar-refractivity contribution in [1.29, 1.82) is 0 Å². The fourth-order valence-electron chi connectivity index (χ4n) is 4.62. The summed E-state index contributed by atoms with van der Waals surface area (Å²) in [6.07, 6.45) is -4.67. The first-order valence-electron chi connectivity index (χ1n) is 11.6. The van der Waals surface area contributed by atoms with Crippen LogP contribution in [0.15, 0.2) is 48.5 Å². The Labute approximate surface area is 207 Å². The van der Waals surface area contributed by atoms with Gasteiger partial charge < -0.3 is 20.7 Å². The molecule has 1 aliphatic heterocycles. The molecule has 1 aliphatic rings. The first-order valence-corrected chi connectivity index (χ1v) is 11.6. The molecule has 0 spiro atoms. The number of nitrogens with one attached hydrogen (secondary N) is 3. The van der Waals surface area contributed by atoms with E-state index in [-0.39, 0.29) is 36.1 Å². The van der Waals surface area contributed by atoms with Gasteiger partial charge in [0.15, 0.2) is 0 Å². The molecular formula is C26H31F4N3O3. The fourth-order valence-corrected chi connectivity index (χ4v) is 4.62. The minimum atomic E-state index is -4.61. The molecule has 0 aromatic heterocycles. The number of rotatable bonds is 8. The van der Waals surface area contributed by atoms with Gasteiger partial charge in [0, 0.05) is 20.5 Å². The summed E-state index contributed by atoms with van der Waals surface area (Å²) in [4.78, 5) is 24.5. The Hall–Kier alpha value is -2.98. The lowest BCUT2D eigenvalue weighted by Gasteiger charge is -2.47. The number of alkyl halides is 4. The molecule has 1 fully saturated rings. The fraction of sp³-hybridized carbons (Fsp3) is 0.462. The van der Waals surface area contributed by atoms with Crippen molar-refractivity contribution in [3.8, 4) is 0 Å². The summed E-state index contributed by atoms with van der Waals surface area (Å²) in [5, 5.41) is 8.75. The van der Waals surface area contributed by atoms with Crippen LogP contribution in [0.5, 0.6) is 0 Å². The molecule has 6 nitrogen and oxygen atoms in total. The number of piperidine rings is 1. The SMILES string of the molecule is CNC(=O)[C@]1(NC(C)=O)CC[C@@](COC(C)c2cc(CF)cc(C(F)(F)F)c2)(c2ccccc2)NC1. The maximum Gasteiger partial charge on any atom is 0.416 e. The number of carbonyl (C=O) groups is 2. The van der Waals surface area contributed by atoms with Crippen molar-refractivity contribution in [3.63, 3.8) is 0 Å². The van der Waals surface area contributed by atoms with E-state index in [2.05, 4.69) is 16.0 Å². The standard InChI is InChI=1S/C26H31F4N3O3/c1-17(20-11-19(14-27)12-22(13-20)26(28,29)30)36-16-25(21-7-5-4-6-8-21)10-9-24(15-32-25,23(35)31-3)33-18(2)34/h4-8,11-13,17,32H,9-10,14-16H2,1-3H3,(H,31,35)(H,33,34)/t17?,24-,25+/m0/s1. The molecule has 3 rings (SSSR count). The number of ether oxygens (including phenoxy) is 1. The van der Waals surface area contributed by atoms with Crippen LogP contribution in [0.4, 0.5) is 17.6 Å². The van der Waals surface area contributed by atoms with E-state index in [0.717, 1.165) is 17.7 Å². The van der Waals surface area contributed by atoms with E-state index >= 15 is 0 Å². The van der Waals surface area contributed by atoms with Crippen LogP contribution in [0, 0.1) is 0 Å². The third-order valence-electron chi connectivity index (χ3n) is 6.66. The van der Waals surface area contributed by atoms with Crippen molar-refractivity contribution in [3.05, 3.63) is 70.8 Å². The average Bonchev–Trinajstić information content (AvgIpc) is 2.87. The highest BCUT2D eigenvalue weighted by Gasteiger charge is 2.48. The van der Waals surface area contributed by atoms with Crippen molar-refractivity contribution >= 4 is 11.8 Å². The van der Waals surface area contributed by atoms with Crippen molar-refractivity contribution in [2.75, 3.05) is 20.2 Å². The quantitative estimate of drug-likeness (QED) is 0.467.